The van der Waals surface area contributed by atoms with Crippen molar-refractivity contribution in [3.63, 3.8) is 0 Å². The van der Waals surface area contributed by atoms with E-state index in [1.807, 2.05) is 12.1 Å². The molecule has 2 heterocycles. The summed E-state index contributed by atoms with van der Waals surface area (Å²) in [4.78, 5) is 20.5. The third kappa shape index (κ3) is 4.06. The van der Waals surface area contributed by atoms with Gasteiger partial charge in [0.15, 0.2) is 5.69 Å². The molecular weight excluding hydrogens is 398 g/mol. The molecule has 3 aromatic rings. The van der Waals surface area contributed by atoms with E-state index in [-0.39, 0.29) is 29.8 Å². The van der Waals surface area contributed by atoms with E-state index in [0.717, 1.165) is 5.39 Å². The summed E-state index contributed by atoms with van der Waals surface area (Å²) in [5, 5.41) is 2.86. The Kier molecular flexibility index (Phi) is 6.07. The molecule has 28 heavy (non-hydrogen) atoms. The van der Waals surface area contributed by atoms with Crippen LogP contribution in [0.25, 0.3) is 10.9 Å². The highest BCUT2D eigenvalue weighted by Gasteiger charge is 2.30. The number of sulfonamides is 1. The van der Waals surface area contributed by atoms with E-state index in [1.54, 1.807) is 50.5 Å². The van der Waals surface area contributed by atoms with Gasteiger partial charge in [0.25, 0.3) is 0 Å². The van der Waals surface area contributed by atoms with Gasteiger partial charge in [-0.05, 0) is 32.9 Å². The Morgan fingerprint density at radius 2 is 2.00 bits per heavy atom. The van der Waals surface area contributed by atoms with Gasteiger partial charge in [0, 0.05) is 23.0 Å². The van der Waals surface area contributed by atoms with Gasteiger partial charge in [-0.3, -0.25) is 4.98 Å². The summed E-state index contributed by atoms with van der Waals surface area (Å²) < 4.78 is 33.1. The number of thiazole rings is 1. The fourth-order valence-corrected chi connectivity index (χ4v) is 5.38. The summed E-state index contributed by atoms with van der Waals surface area (Å²) in [5.41, 5.74) is 0.622. The molecule has 9 heteroatoms. The number of nitrogens with zero attached hydrogens (tertiary/aromatic N) is 3. The Hall–Kier alpha value is -2.36. The zero-order chi connectivity index (χ0) is 20.3. The zero-order valence-electron chi connectivity index (χ0n) is 15.8. The average Bonchev–Trinajstić information content (AvgIpc) is 3.14. The third-order valence-corrected chi connectivity index (χ3v) is 6.97. The largest absolute Gasteiger partial charge is 0.461 e. The van der Waals surface area contributed by atoms with Crippen molar-refractivity contribution < 1.29 is 17.9 Å². The van der Waals surface area contributed by atoms with Crippen molar-refractivity contribution in [2.24, 2.45) is 0 Å². The Morgan fingerprint density at radius 3 is 2.71 bits per heavy atom. The molecule has 148 valence electrons. The average molecular weight is 420 g/mol. The lowest BCUT2D eigenvalue weighted by molar-refractivity contribution is 0.0520. The first-order valence-electron chi connectivity index (χ1n) is 8.81. The Morgan fingerprint density at radius 1 is 1.25 bits per heavy atom. The number of pyridine rings is 1. The van der Waals surface area contributed by atoms with Gasteiger partial charge in [0.05, 0.1) is 18.7 Å². The summed E-state index contributed by atoms with van der Waals surface area (Å²) >= 11 is 1.23. The van der Waals surface area contributed by atoms with Crippen molar-refractivity contribution >= 4 is 38.2 Å². The van der Waals surface area contributed by atoms with E-state index in [0.29, 0.717) is 10.5 Å². The molecule has 7 nitrogen and oxygen atoms in total. The van der Waals surface area contributed by atoms with Crippen LogP contribution in [0.3, 0.4) is 0 Å². The minimum atomic E-state index is -3.83. The number of carbonyl (C=O) groups is 1. The minimum absolute atomic E-state index is 0.0628. The van der Waals surface area contributed by atoms with Gasteiger partial charge in [0.1, 0.15) is 9.90 Å². The van der Waals surface area contributed by atoms with Gasteiger partial charge in [-0.15, -0.1) is 11.3 Å². The van der Waals surface area contributed by atoms with Crippen LogP contribution in [0.15, 0.2) is 46.8 Å². The van der Waals surface area contributed by atoms with Gasteiger partial charge in [-0.1, -0.05) is 18.2 Å². The van der Waals surface area contributed by atoms with E-state index < -0.39 is 16.0 Å². The number of fused-ring (bicyclic) bond motifs is 1. The maximum atomic E-state index is 13.4. The number of rotatable bonds is 7. The second-order valence-corrected chi connectivity index (χ2v) is 9.12. The summed E-state index contributed by atoms with van der Waals surface area (Å²) in [5.74, 6) is -0.512. The van der Waals surface area contributed by atoms with Crippen LogP contribution in [-0.4, -0.2) is 41.3 Å². The molecule has 0 unspecified atom stereocenters. The number of benzene rings is 1. The Labute approximate surface area is 168 Å². The van der Waals surface area contributed by atoms with Gasteiger partial charge in [-0.2, -0.15) is 4.31 Å². The van der Waals surface area contributed by atoms with E-state index in [1.165, 1.54) is 15.6 Å². The van der Waals surface area contributed by atoms with E-state index in [2.05, 4.69) is 9.97 Å². The lowest BCUT2D eigenvalue weighted by Gasteiger charge is -2.25. The zero-order valence-corrected chi connectivity index (χ0v) is 17.5. The smallest absolute Gasteiger partial charge is 0.357 e. The molecule has 0 aliphatic heterocycles. The predicted octanol–water partition coefficient (Wildman–Crippen LogP) is 3.47. The van der Waals surface area contributed by atoms with Crippen molar-refractivity contribution in [3.05, 3.63) is 52.6 Å². The van der Waals surface area contributed by atoms with Gasteiger partial charge >= 0.3 is 5.97 Å². The van der Waals surface area contributed by atoms with Crippen molar-refractivity contribution in [2.75, 3.05) is 6.61 Å². The molecule has 0 saturated carbocycles. The van der Waals surface area contributed by atoms with Crippen LogP contribution < -0.4 is 0 Å². The number of carbonyl (C=O) groups excluding carboxylic acids is 1. The van der Waals surface area contributed by atoms with Crippen LogP contribution >= 0.6 is 11.3 Å². The summed E-state index contributed by atoms with van der Waals surface area (Å²) in [6, 6.07) is 8.38. The normalized spacial score (nSPS) is 12.0. The highest BCUT2D eigenvalue weighted by atomic mass is 32.2. The molecule has 0 aliphatic carbocycles. The summed E-state index contributed by atoms with van der Waals surface area (Å²) in [6.45, 7) is 5.64. The summed E-state index contributed by atoms with van der Waals surface area (Å²) in [7, 11) is -3.83. The standard InChI is InChI=1S/C19H21N3O4S2/c1-4-26-19(23)15-12-27-17(21-15)11-22(13(2)3)28(24,25)16-9-5-7-14-8-6-10-20-18(14)16/h5-10,12-13H,4,11H2,1-3H3. The molecule has 0 atom stereocenters. The van der Waals surface area contributed by atoms with Crippen molar-refractivity contribution in [2.45, 2.75) is 38.3 Å². The Balaban J connectivity index is 1.96. The second kappa shape index (κ2) is 8.34. The molecule has 0 spiro atoms. The number of hydrogen-bond donors (Lipinski definition) is 0. The van der Waals surface area contributed by atoms with Crippen LogP contribution in [0, 0.1) is 0 Å². The lowest BCUT2D eigenvalue weighted by Crippen LogP contribution is -2.36. The van der Waals surface area contributed by atoms with Gasteiger partial charge < -0.3 is 4.74 Å². The van der Waals surface area contributed by atoms with Crippen molar-refractivity contribution in [1.29, 1.82) is 0 Å². The van der Waals surface area contributed by atoms with Crippen LogP contribution in [-0.2, 0) is 21.3 Å². The first-order chi connectivity index (χ1) is 13.3. The number of esters is 1. The number of aromatic nitrogens is 2. The lowest BCUT2D eigenvalue weighted by atomic mass is 10.2. The fraction of sp³-hybridized carbons (Fsp3) is 0.316. The van der Waals surface area contributed by atoms with E-state index in [4.69, 9.17) is 4.74 Å². The monoisotopic (exact) mass is 419 g/mol. The van der Waals surface area contributed by atoms with Crippen LogP contribution in [0.5, 0.6) is 0 Å². The number of hydrogen-bond acceptors (Lipinski definition) is 7. The van der Waals surface area contributed by atoms with Crippen molar-refractivity contribution in [3.8, 4) is 0 Å². The third-order valence-electron chi connectivity index (χ3n) is 4.09. The molecule has 2 aromatic heterocycles. The quantitative estimate of drug-likeness (QED) is 0.545. The first kappa shape index (κ1) is 20.4. The maximum Gasteiger partial charge on any atom is 0.357 e. The second-order valence-electron chi connectivity index (χ2n) is 6.32. The number of para-hydroxylation sites is 1. The molecule has 0 radical (unpaired) electrons. The highest BCUT2D eigenvalue weighted by Crippen LogP contribution is 2.27. The van der Waals surface area contributed by atoms with Crippen LogP contribution in [0.4, 0.5) is 0 Å². The molecule has 0 aliphatic rings. The van der Waals surface area contributed by atoms with E-state index >= 15 is 0 Å². The van der Waals surface area contributed by atoms with Crippen LogP contribution in [0.2, 0.25) is 0 Å². The summed E-state index contributed by atoms with van der Waals surface area (Å²) in [6.07, 6.45) is 1.58. The predicted molar refractivity (Wildman–Crippen MR) is 108 cm³/mol. The molecule has 0 N–H and O–H groups in total. The van der Waals surface area contributed by atoms with Gasteiger partial charge in [-0.25, -0.2) is 18.2 Å². The van der Waals surface area contributed by atoms with E-state index in [9.17, 15) is 13.2 Å². The number of ether oxygens (including phenoxy) is 1. The molecule has 0 fully saturated rings. The Bertz CT molecular complexity index is 1090. The highest BCUT2D eigenvalue weighted by molar-refractivity contribution is 7.89. The molecule has 0 saturated heterocycles. The molecule has 0 amide bonds. The SMILES string of the molecule is CCOC(=O)c1csc(CN(C(C)C)S(=O)(=O)c2cccc3cccnc23)n1. The molecule has 1 aromatic carbocycles. The molecular formula is C19H21N3O4S2. The minimum Gasteiger partial charge on any atom is -0.461 e. The topological polar surface area (TPSA) is 89.5 Å². The molecule has 0 bridgehead atoms. The van der Waals surface area contributed by atoms with Gasteiger partial charge in [0.2, 0.25) is 10.0 Å². The van der Waals surface area contributed by atoms with Crippen LogP contribution in [0.1, 0.15) is 36.3 Å². The van der Waals surface area contributed by atoms with Crippen molar-refractivity contribution in [1.82, 2.24) is 14.3 Å². The first-order valence-corrected chi connectivity index (χ1v) is 11.1. The fourth-order valence-electron chi connectivity index (χ4n) is 2.77. The maximum absolute atomic E-state index is 13.4. The molecule has 3 rings (SSSR count).